The third kappa shape index (κ3) is 3.29. The number of hydrogen-bond acceptors (Lipinski definition) is 1. The number of halogens is 1. The van der Waals surface area contributed by atoms with E-state index in [4.69, 9.17) is 11.6 Å². The van der Waals surface area contributed by atoms with E-state index in [-0.39, 0.29) is 0 Å². The van der Waals surface area contributed by atoms with Gasteiger partial charge in [-0.3, -0.25) is 0 Å². The Morgan fingerprint density at radius 1 is 1.10 bits per heavy atom. The molecule has 3 rings (SSSR count). The Hall–Kier alpha value is -0.950. The summed E-state index contributed by atoms with van der Waals surface area (Å²) in [6.45, 7) is 4.64. The molecule has 1 unspecified atom stereocenters. The minimum atomic E-state index is 0.621. The molecule has 0 amide bonds. The highest BCUT2D eigenvalue weighted by Gasteiger charge is 2.22. The van der Waals surface area contributed by atoms with Crippen LogP contribution >= 0.6 is 11.6 Å². The molecular formula is C19H26ClN. The Kier molecular flexibility index (Phi) is 4.59. The van der Waals surface area contributed by atoms with Crippen LogP contribution in [0.25, 0.3) is 5.57 Å². The van der Waals surface area contributed by atoms with Gasteiger partial charge < -0.3 is 5.32 Å². The Bertz CT molecular complexity index is 540. The molecule has 0 radical (unpaired) electrons. The highest BCUT2D eigenvalue weighted by atomic mass is 35.5. The molecule has 1 atom stereocenters. The van der Waals surface area contributed by atoms with Crippen LogP contribution in [0.3, 0.4) is 0 Å². The van der Waals surface area contributed by atoms with Crippen LogP contribution in [0.4, 0.5) is 5.69 Å². The second-order valence-electron chi connectivity index (χ2n) is 6.77. The molecule has 0 saturated heterocycles. The van der Waals surface area contributed by atoms with Crippen molar-refractivity contribution in [2.45, 2.75) is 64.8 Å². The van der Waals surface area contributed by atoms with Crippen molar-refractivity contribution in [1.29, 1.82) is 0 Å². The molecule has 1 N–H and O–H groups in total. The van der Waals surface area contributed by atoms with E-state index in [9.17, 15) is 0 Å². The summed E-state index contributed by atoms with van der Waals surface area (Å²) in [5.74, 6) is 0.721. The molecule has 1 fully saturated rings. The van der Waals surface area contributed by atoms with Crippen molar-refractivity contribution < 1.29 is 0 Å². The molecule has 0 bridgehead atoms. The average Bonchev–Trinajstić information content (AvgIpc) is 2.81. The number of nitrogens with one attached hydrogen (secondary N) is 1. The van der Waals surface area contributed by atoms with E-state index in [1.165, 1.54) is 61.8 Å². The van der Waals surface area contributed by atoms with Crippen molar-refractivity contribution in [3.8, 4) is 0 Å². The fourth-order valence-corrected chi connectivity index (χ4v) is 3.96. The molecule has 0 heterocycles. The fraction of sp³-hybridized carbons (Fsp3) is 0.579. The van der Waals surface area contributed by atoms with E-state index in [0.29, 0.717) is 6.04 Å². The molecule has 0 aromatic heterocycles. The van der Waals surface area contributed by atoms with Crippen molar-refractivity contribution in [3.63, 3.8) is 0 Å². The van der Waals surface area contributed by atoms with Gasteiger partial charge in [0.1, 0.15) is 0 Å². The minimum absolute atomic E-state index is 0.621. The second-order valence-corrected chi connectivity index (χ2v) is 7.21. The van der Waals surface area contributed by atoms with Gasteiger partial charge in [0, 0.05) is 22.3 Å². The zero-order valence-electron chi connectivity index (χ0n) is 13.2. The predicted molar refractivity (Wildman–Crippen MR) is 92.9 cm³/mol. The van der Waals surface area contributed by atoms with Crippen molar-refractivity contribution in [2.24, 2.45) is 5.92 Å². The third-order valence-corrected chi connectivity index (χ3v) is 5.55. The SMILES string of the molecule is CC1=C(c2ccc(Cl)cc2NC2CCCCC2)CCC1C. The Balaban J connectivity index is 1.90. The van der Waals surface area contributed by atoms with Crippen LogP contribution in [0.5, 0.6) is 0 Å². The molecule has 21 heavy (non-hydrogen) atoms. The third-order valence-electron chi connectivity index (χ3n) is 5.31. The molecule has 2 aliphatic rings. The molecule has 114 valence electrons. The van der Waals surface area contributed by atoms with Gasteiger partial charge in [-0.15, -0.1) is 0 Å². The summed E-state index contributed by atoms with van der Waals surface area (Å²) in [5, 5.41) is 4.62. The summed E-state index contributed by atoms with van der Waals surface area (Å²) in [6.07, 6.45) is 9.17. The lowest BCUT2D eigenvalue weighted by atomic mass is 9.94. The molecule has 2 heteroatoms. The monoisotopic (exact) mass is 303 g/mol. The highest BCUT2D eigenvalue weighted by Crippen LogP contribution is 2.41. The maximum Gasteiger partial charge on any atom is 0.0433 e. The summed E-state index contributed by atoms with van der Waals surface area (Å²) in [4.78, 5) is 0. The first-order chi connectivity index (χ1) is 10.1. The molecule has 1 aromatic rings. The molecule has 1 nitrogen and oxygen atoms in total. The second kappa shape index (κ2) is 6.44. The summed E-state index contributed by atoms with van der Waals surface area (Å²) >= 11 is 6.25. The first kappa shape index (κ1) is 15.0. The van der Waals surface area contributed by atoms with E-state index in [2.05, 4.69) is 31.3 Å². The summed E-state index contributed by atoms with van der Waals surface area (Å²) < 4.78 is 0. The van der Waals surface area contributed by atoms with Crippen molar-refractivity contribution in [3.05, 3.63) is 34.4 Å². The normalized spacial score (nSPS) is 23.7. The standard InChI is InChI=1S/C19H26ClN/c1-13-8-10-17(14(13)2)18-11-9-15(20)12-19(18)21-16-6-4-3-5-7-16/h9,11-13,16,21H,3-8,10H2,1-2H3. The van der Waals surface area contributed by atoms with Gasteiger partial charge in [0.15, 0.2) is 0 Å². The number of hydrogen-bond donors (Lipinski definition) is 1. The lowest BCUT2D eigenvalue weighted by Crippen LogP contribution is -2.22. The van der Waals surface area contributed by atoms with Crippen LogP contribution in [-0.2, 0) is 0 Å². The van der Waals surface area contributed by atoms with Crippen LogP contribution in [0, 0.1) is 5.92 Å². The van der Waals surface area contributed by atoms with Gasteiger partial charge in [-0.05, 0) is 56.2 Å². The van der Waals surface area contributed by atoms with Crippen LogP contribution in [-0.4, -0.2) is 6.04 Å². The quantitative estimate of drug-likeness (QED) is 0.692. The molecule has 0 aliphatic heterocycles. The molecule has 1 aromatic carbocycles. The maximum absolute atomic E-state index is 6.25. The van der Waals surface area contributed by atoms with Crippen molar-refractivity contribution in [1.82, 2.24) is 0 Å². The van der Waals surface area contributed by atoms with Gasteiger partial charge in [-0.2, -0.15) is 0 Å². The predicted octanol–water partition coefficient (Wildman–Crippen LogP) is 6.29. The smallest absolute Gasteiger partial charge is 0.0433 e. The van der Waals surface area contributed by atoms with Gasteiger partial charge in [-0.25, -0.2) is 0 Å². The first-order valence-corrected chi connectivity index (χ1v) is 8.79. The van der Waals surface area contributed by atoms with Crippen molar-refractivity contribution in [2.75, 3.05) is 5.32 Å². The average molecular weight is 304 g/mol. The van der Waals surface area contributed by atoms with Crippen LogP contribution in [0.2, 0.25) is 5.02 Å². The van der Waals surface area contributed by atoms with E-state index in [1.54, 1.807) is 5.57 Å². The van der Waals surface area contributed by atoms with Gasteiger partial charge in [-0.1, -0.05) is 49.4 Å². The van der Waals surface area contributed by atoms with Crippen LogP contribution < -0.4 is 5.32 Å². The Labute approximate surface area is 133 Å². The van der Waals surface area contributed by atoms with E-state index >= 15 is 0 Å². The van der Waals surface area contributed by atoms with Gasteiger partial charge >= 0.3 is 0 Å². The first-order valence-electron chi connectivity index (χ1n) is 8.41. The van der Waals surface area contributed by atoms with E-state index in [0.717, 1.165) is 10.9 Å². The van der Waals surface area contributed by atoms with Gasteiger partial charge in [0.25, 0.3) is 0 Å². The molecular weight excluding hydrogens is 278 g/mol. The van der Waals surface area contributed by atoms with Crippen LogP contribution in [0.15, 0.2) is 23.8 Å². The largest absolute Gasteiger partial charge is 0.382 e. The van der Waals surface area contributed by atoms with Gasteiger partial charge in [0.2, 0.25) is 0 Å². The Morgan fingerprint density at radius 3 is 2.52 bits per heavy atom. The number of allylic oxidation sites excluding steroid dienone is 2. The van der Waals surface area contributed by atoms with E-state index < -0.39 is 0 Å². The lowest BCUT2D eigenvalue weighted by Gasteiger charge is -2.26. The minimum Gasteiger partial charge on any atom is -0.382 e. The highest BCUT2D eigenvalue weighted by molar-refractivity contribution is 6.31. The summed E-state index contributed by atoms with van der Waals surface area (Å²) in [5.41, 5.74) is 5.73. The van der Waals surface area contributed by atoms with Gasteiger partial charge in [0.05, 0.1) is 0 Å². The summed E-state index contributed by atoms with van der Waals surface area (Å²) in [6, 6.07) is 6.99. The molecule has 2 aliphatic carbocycles. The molecule has 1 saturated carbocycles. The van der Waals surface area contributed by atoms with E-state index in [1.807, 2.05) is 6.07 Å². The van der Waals surface area contributed by atoms with Crippen molar-refractivity contribution >= 4 is 22.9 Å². The van der Waals surface area contributed by atoms with Crippen LogP contribution in [0.1, 0.15) is 64.4 Å². The summed E-state index contributed by atoms with van der Waals surface area (Å²) in [7, 11) is 0. The number of anilines is 1. The zero-order valence-corrected chi connectivity index (χ0v) is 14.0. The number of rotatable bonds is 3. The lowest BCUT2D eigenvalue weighted by molar-refractivity contribution is 0.462. The zero-order chi connectivity index (χ0) is 14.8. The Morgan fingerprint density at radius 2 is 1.86 bits per heavy atom. The fourth-order valence-electron chi connectivity index (χ4n) is 3.78. The maximum atomic E-state index is 6.25. The number of benzene rings is 1. The topological polar surface area (TPSA) is 12.0 Å². The molecule has 0 spiro atoms.